The summed E-state index contributed by atoms with van der Waals surface area (Å²) in [5.74, 6) is -0.136. The van der Waals surface area contributed by atoms with Crippen molar-refractivity contribution in [1.29, 1.82) is 0 Å². The first-order valence-corrected chi connectivity index (χ1v) is 8.17. The van der Waals surface area contributed by atoms with Crippen molar-refractivity contribution in [2.45, 2.75) is 18.9 Å². The van der Waals surface area contributed by atoms with Crippen molar-refractivity contribution in [3.63, 3.8) is 0 Å². The Morgan fingerprint density at radius 1 is 1.17 bits per heavy atom. The Kier molecular flexibility index (Phi) is 4.86. The van der Waals surface area contributed by atoms with Gasteiger partial charge in [-0.25, -0.2) is 4.79 Å². The van der Waals surface area contributed by atoms with E-state index in [4.69, 9.17) is 11.6 Å². The van der Waals surface area contributed by atoms with E-state index in [1.54, 1.807) is 12.1 Å². The van der Waals surface area contributed by atoms with Gasteiger partial charge in [0.05, 0.1) is 12.7 Å². The fourth-order valence-corrected chi connectivity index (χ4v) is 3.08. The molecule has 0 radical (unpaired) electrons. The second-order valence-corrected chi connectivity index (χ2v) is 6.28. The Labute approximate surface area is 145 Å². The van der Waals surface area contributed by atoms with Gasteiger partial charge in [-0.3, -0.25) is 4.79 Å². The van der Waals surface area contributed by atoms with Crippen molar-refractivity contribution in [3.8, 4) is 0 Å². The third kappa shape index (κ3) is 3.60. The maximum absolute atomic E-state index is 12.3. The molecule has 0 bridgehead atoms. The number of esters is 1. The zero-order valence-electron chi connectivity index (χ0n) is 13.3. The molecule has 24 heavy (non-hydrogen) atoms. The summed E-state index contributed by atoms with van der Waals surface area (Å²) >= 11 is 6.19. The number of rotatable bonds is 5. The molecule has 0 aromatic heterocycles. The van der Waals surface area contributed by atoms with E-state index < -0.39 is 0 Å². The minimum atomic E-state index is -0.369. The number of carbonyl (C=O) groups is 2. The molecule has 0 aliphatic heterocycles. The number of benzene rings is 2. The number of methoxy groups -OCH3 is 1. The predicted molar refractivity (Wildman–Crippen MR) is 91.9 cm³/mol. The molecule has 3 rings (SSSR count). The molecule has 1 aliphatic rings. The normalized spacial score (nSPS) is 18.8. The van der Waals surface area contributed by atoms with Crippen molar-refractivity contribution in [2.24, 2.45) is 5.92 Å². The Bertz CT molecular complexity index is 757. The molecular formula is C19H18ClNO3. The topological polar surface area (TPSA) is 55.4 Å². The highest BCUT2D eigenvalue weighted by Crippen LogP contribution is 2.49. The van der Waals surface area contributed by atoms with E-state index in [2.05, 4.69) is 10.1 Å². The molecule has 0 heterocycles. The van der Waals surface area contributed by atoms with Gasteiger partial charge in [0.15, 0.2) is 0 Å². The summed E-state index contributed by atoms with van der Waals surface area (Å²) in [4.78, 5) is 23.7. The molecule has 0 spiro atoms. The second-order valence-electron chi connectivity index (χ2n) is 5.88. The van der Waals surface area contributed by atoms with E-state index in [-0.39, 0.29) is 23.7 Å². The van der Waals surface area contributed by atoms with Gasteiger partial charge < -0.3 is 10.1 Å². The van der Waals surface area contributed by atoms with Crippen molar-refractivity contribution < 1.29 is 14.3 Å². The SMILES string of the molecule is COC(=O)c1ccc(CNC(=O)C2CC2c2ccccc2Cl)cc1. The summed E-state index contributed by atoms with van der Waals surface area (Å²) in [5.41, 5.74) is 2.47. The van der Waals surface area contributed by atoms with Gasteiger partial charge in [0.25, 0.3) is 0 Å². The molecule has 124 valence electrons. The van der Waals surface area contributed by atoms with E-state index >= 15 is 0 Å². The maximum atomic E-state index is 12.3. The van der Waals surface area contributed by atoms with Crippen molar-refractivity contribution in [3.05, 3.63) is 70.2 Å². The Morgan fingerprint density at radius 3 is 2.54 bits per heavy atom. The van der Waals surface area contributed by atoms with Crippen LogP contribution in [0.2, 0.25) is 5.02 Å². The second kappa shape index (κ2) is 7.05. The van der Waals surface area contributed by atoms with Gasteiger partial charge in [0.2, 0.25) is 5.91 Å². The summed E-state index contributed by atoms with van der Waals surface area (Å²) in [7, 11) is 1.35. The Morgan fingerprint density at radius 2 is 1.88 bits per heavy atom. The number of nitrogens with one attached hydrogen (secondary N) is 1. The van der Waals surface area contributed by atoms with Crippen LogP contribution in [0.15, 0.2) is 48.5 Å². The first kappa shape index (κ1) is 16.5. The molecule has 1 N–H and O–H groups in total. The van der Waals surface area contributed by atoms with Crippen LogP contribution in [0.25, 0.3) is 0 Å². The van der Waals surface area contributed by atoms with Crippen LogP contribution in [0.4, 0.5) is 0 Å². The summed E-state index contributed by atoms with van der Waals surface area (Å²) < 4.78 is 4.66. The first-order chi connectivity index (χ1) is 11.6. The van der Waals surface area contributed by atoms with Crippen molar-refractivity contribution in [2.75, 3.05) is 7.11 Å². The minimum absolute atomic E-state index is 0.0146. The van der Waals surface area contributed by atoms with Crippen LogP contribution in [0.3, 0.4) is 0 Å². The number of ether oxygens (including phenoxy) is 1. The molecule has 1 amide bonds. The average molecular weight is 344 g/mol. The maximum Gasteiger partial charge on any atom is 0.337 e. The third-order valence-electron chi connectivity index (χ3n) is 4.27. The summed E-state index contributed by atoms with van der Waals surface area (Å²) in [6, 6.07) is 14.7. The van der Waals surface area contributed by atoms with Crippen LogP contribution >= 0.6 is 11.6 Å². The molecule has 5 heteroatoms. The lowest BCUT2D eigenvalue weighted by atomic mass is 10.1. The van der Waals surface area contributed by atoms with Gasteiger partial charge in [0, 0.05) is 17.5 Å². The number of halogens is 1. The number of hydrogen-bond donors (Lipinski definition) is 1. The molecule has 2 aromatic rings. The van der Waals surface area contributed by atoms with Gasteiger partial charge in [-0.2, -0.15) is 0 Å². The van der Waals surface area contributed by atoms with Gasteiger partial charge in [-0.05, 0) is 41.7 Å². The minimum Gasteiger partial charge on any atom is -0.465 e. The van der Waals surface area contributed by atoms with E-state index in [1.807, 2.05) is 36.4 Å². The highest BCUT2D eigenvalue weighted by Gasteiger charge is 2.44. The highest BCUT2D eigenvalue weighted by molar-refractivity contribution is 6.31. The summed E-state index contributed by atoms with van der Waals surface area (Å²) in [5, 5.41) is 3.66. The fourth-order valence-electron chi connectivity index (χ4n) is 2.80. The lowest BCUT2D eigenvalue weighted by Crippen LogP contribution is -2.24. The van der Waals surface area contributed by atoms with Crippen molar-refractivity contribution >= 4 is 23.5 Å². The summed E-state index contributed by atoms with van der Waals surface area (Å²) in [6.45, 7) is 0.437. The van der Waals surface area contributed by atoms with Crippen LogP contribution < -0.4 is 5.32 Å². The first-order valence-electron chi connectivity index (χ1n) is 7.79. The zero-order valence-corrected chi connectivity index (χ0v) is 14.0. The molecule has 1 aliphatic carbocycles. The lowest BCUT2D eigenvalue weighted by Gasteiger charge is -2.07. The van der Waals surface area contributed by atoms with Crippen LogP contribution in [0.1, 0.15) is 33.8 Å². The smallest absolute Gasteiger partial charge is 0.337 e. The molecule has 2 unspecified atom stereocenters. The number of amides is 1. The van der Waals surface area contributed by atoms with Gasteiger partial charge in [-0.15, -0.1) is 0 Å². The monoisotopic (exact) mass is 343 g/mol. The van der Waals surface area contributed by atoms with Gasteiger partial charge in [-0.1, -0.05) is 41.9 Å². The average Bonchev–Trinajstić information content (AvgIpc) is 3.40. The van der Waals surface area contributed by atoms with Crippen LogP contribution in [-0.2, 0) is 16.1 Å². The van der Waals surface area contributed by atoms with E-state index in [9.17, 15) is 9.59 Å². The Balaban J connectivity index is 1.54. The number of carbonyl (C=O) groups excluding carboxylic acids is 2. The van der Waals surface area contributed by atoms with Gasteiger partial charge >= 0.3 is 5.97 Å². The fraction of sp³-hybridized carbons (Fsp3) is 0.263. The molecular weight excluding hydrogens is 326 g/mol. The third-order valence-corrected chi connectivity index (χ3v) is 4.62. The van der Waals surface area contributed by atoms with Crippen LogP contribution in [0.5, 0.6) is 0 Å². The lowest BCUT2D eigenvalue weighted by molar-refractivity contribution is -0.122. The molecule has 2 aromatic carbocycles. The Hall–Kier alpha value is -2.33. The van der Waals surface area contributed by atoms with E-state index in [0.717, 1.165) is 22.6 Å². The van der Waals surface area contributed by atoms with Crippen LogP contribution in [0, 0.1) is 5.92 Å². The molecule has 1 fully saturated rings. The molecule has 1 saturated carbocycles. The van der Waals surface area contributed by atoms with Crippen molar-refractivity contribution in [1.82, 2.24) is 5.32 Å². The number of hydrogen-bond acceptors (Lipinski definition) is 3. The molecule has 2 atom stereocenters. The van der Waals surface area contributed by atoms with Gasteiger partial charge in [0.1, 0.15) is 0 Å². The van der Waals surface area contributed by atoms with Crippen LogP contribution in [-0.4, -0.2) is 19.0 Å². The molecule has 0 saturated heterocycles. The largest absolute Gasteiger partial charge is 0.465 e. The van der Waals surface area contributed by atoms with E-state index in [0.29, 0.717) is 12.1 Å². The zero-order chi connectivity index (χ0) is 17.1. The van der Waals surface area contributed by atoms with E-state index in [1.165, 1.54) is 7.11 Å². The standard InChI is InChI=1S/C19H18ClNO3/c1-24-19(23)13-8-6-12(7-9-13)11-21-18(22)16-10-15(16)14-4-2-3-5-17(14)20/h2-9,15-16H,10-11H2,1H3,(H,21,22). The highest BCUT2D eigenvalue weighted by atomic mass is 35.5. The summed E-state index contributed by atoms with van der Waals surface area (Å²) in [6.07, 6.45) is 0.830. The predicted octanol–water partition coefficient (Wildman–Crippen LogP) is 3.55. The molecule has 4 nitrogen and oxygen atoms in total. The quantitative estimate of drug-likeness (QED) is 0.845.